The van der Waals surface area contributed by atoms with E-state index < -0.39 is 0 Å². The van der Waals surface area contributed by atoms with Crippen molar-refractivity contribution in [2.75, 3.05) is 46.9 Å². The molecule has 1 rings (SSSR count). The summed E-state index contributed by atoms with van der Waals surface area (Å²) in [4.78, 5) is 4.31. The molecule has 1 atom stereocenters. The molecule has 1 aliphatic rings. The Kier molecular flexibility index (Phi) is 4.16. The van der Waals surface area contributed by atoms with Gasteiger partial charge in [-0.15, -0.1) is 0 Å². The van der Waals surface area contributed by atoms with Gasteiger partial charge in [-0.2, -0.15) is 5.26 Å². The van der Waals surface area contributed by atoms with E-state index in [4.69, 9.17) is 10.00 Å². The Bertz CT molecular complexity index is 188. The van der Waals surface area contributed by atoms with Gasteiger partial charge in [0.15, 0.2) is 0 Å². The molecule has 1 aliphatic heterocycles. The molecular weight excluding hydrogens is 166 g/mol. The van der Waals surface area contributed by atoms with Gasteiger partial charge in [0, 0.05) is 19.6 Å². The number of ether oxygens (including phenoxy) is 1. The first kappa shape index (κ1) is 10.5. The van der Waals surface area contributed by atoms with Crippen molar-refractivity contribution in [3.63, 3.8) is 0 Å². The topological polar surface area (TPSA) is 39.5 Å². The number of morpholine rings is 1. The number of hydrogen-bond acceptors (Lipinski definition) is 4. The normalized spacial score (nSPS) is 24.6. The third-order valence-corrected chi connectivity index (χ3v) is 2.22. The van der Waals surface area contributed by atoms with Crippen LogP contribution in [0.3, 0.4) is 0 Å². The van der Waals surface area contributed by atoms with Crippen LogP contribution in [0.5, 0.6) is 0 Å². The molecule has 1 fully saturated rings. The van der Waals surface area contributed by atoms with Crippen molar-refractivity contribution in [3.8, 4) is 6.07 Å². The quantitative estimate of drug-likeness (QED) is 0.606. The third kappa shape index (κ3) is 3.31. The maximum absolute atomic E-state index is 8.84. The number of nitriles is 1. The van der Waals surface area contributed by atoms with E-state index in [1.165, 1.54) is 0 Å². The van der Waals surface area contributed by atoms with Crippen molar-refractivity contribution < 1.29 is 4.74 Å². The van der Waals surface area contributed by atoms with Gasteiger partial charge in [-0.25, -0.2) is 0 Å². The minimum absolute atomic E-state index is 0.0475. The molecule has 0 N–H and O–H groups in total. The summed E-state index contributed by atoms with van der Waals surface area (Å²) in [6.45, 7) is 4.15. The number of likely N-dealkylation sites (N-methyl/N-ethyl adjacent to an activating group) is 1. The van der Waals surface area contributed by atoms with Crippen molar-refractivity contribution in [2.45, 2.75) is 6.04 Å². The maximum Gasteiger partial charge on any atom is 0.121 e. The van der Waals surface area contributed by atoms with Gasteiger partial charge in [-0.1, -0.05) is 0 Å². The maximum atomic E-state index is 8.84. The van der Waals surface area contributed by atoms with E-state index in [-0.39, 0.29) is 6.04 Å². The van der Waals surface area contributed by atoms with E-state index in [0.29, 0.717) is 6.61 Å². The van der Waals surface area contributed by atoms with Crippen LogP contribution < -0.4 is 0 Å². The van der Waals surface area contributed by atoms with E-state index in [2.05, 4.69) is 15.9 Å². The highest BCUT2D eigenvalue weighted by molar-refractivity contribution is 4.93. The molecule has 4 nitrogen and oxygen atoms in total. The van der Waals surface area contributed by atoms with E-state index in [0.717, 1.165) is 26.2 Å². The second kappa shape index (κ2) is 5.18. The van der Waals surface area contributed by atoms with E-state index in [9.17, 15) is 0 Å². The fraction of sp³-hybridized carbons (Fsp3) is 0.889. The molecule has 0 aromatic carbocycles. The number of nitrogens with zero attached hydrogens (tertiary/aromatic N) is 3. The van der Waals surface area contributed by atoms with Gasteiger partial charge in [0.1, 0.15) is 6.04 Å². The zero-order chi connectivity index (χ0) is 9.68. The lowest BCUT2D eigenvalue weighted by molar-refractivity contribution is 0.0106. The molecular formula is C9H17N3O. The highest BCUT2D eigenvalue weighted by Crippen LogP contribution is 2.04. The first-order valence-electron chi connectivity index (χ1n) is 4.60. The molecule has 0 spiro atoms. The van der Waals surface area contributed by atoms with Crippen LogP contribution >= 0.6 is 0 Å². The Balaban J connectivity index is 2.33. The predicted octanol–water partition coefficient (Wildman–Crippen LogP) is -0.228. The standard InChI is InChI=1S/C9H17N3O/c1-11(2)3-4-12-5-6-13-8-9(12)7-10/h9H,3-6,8H2,1-2H3. The van der Waals surface area contributed by atoms with Gasteiger partial charge in [-0.05, 0) is 14.1 Å². The summed E-state index contributed by atoms with van der Waals surface area (Å²) in [5, 5.41) is 8.84. The van der Waals surface area contributed by atoms with Gasteiger partial charge in [0.2, 0.25) is 0 Å². The van der Waals surface area contributed by atoms with Crippen LogP contribution in [0.4, 0.5) is 0 Å². The monoisotopic (exact) mass is 183 g/mol. The predicted molar refractivity (Wildman–Crippen MR) is 50.3 cm³/mol. The molecule has 0 bridgehead atoms. The summed E-state index contributed by atoms with van der Waals surface area (Å²) in [6, 6.07) is 2.21. The van der Waals surface area contributed by atoms with Crippen LogP contribution in [0.15, 0.2) is 0 Å². The SMILES string of the molecule is CN(C)CCN1CCOCC1C#N. The number of hydrogen-bond donors (Lipinski definition) is 0. The van der Waals surface area contributed by atoms with Gasteiger partial charge in [-0.3, -0.25) is 4.90 Å². The lowest BCUT2D eigenvalue weighted by Gasteiger charge is -2.31. The van der Waals surface area contributed by atoms with Crippen molar-refractivity contribution in [2.24, 2.45) is 0 Å². The first-order valence-corrected chi connectivity index (χ1v) is 4.60. The highest BCUT2D eigenvalue weighted by Gasteiger charge is 2.21. The zero-order valence-electron chi connectivity index (χ0n) is 8.36. The van der Waals surface area contributed by atoms with Crippen molar-refractivity contribution in [3.05, 3.63) is 0 Å². The average Bonchev–Trinajstić information content (AvgIpc) is 2.15. The summed E-state index contributed by atoms with van der Waals surface area (Å²) >= 11 is 0. The first-order chi connectivity index (χ1) is 6.24. The molecule has 1 heterocycles. The van der Waals surface area contributed by atoms with Gasteiger partial charge in [0.05, 0.1) is 19.3 Å². The van der Waals surface area contributed by atoms with E-state index in [1.807, 2.05) is 14.1 Å². The van der Waals surface area contributed by atoms with Crippen LogP contribution in [0.1, 0.15) is 0 Å². The summed E-state index contributed by atoms with van der Waals surface area (Å²) in [7, 11) is 4.09. The number of rotatable bonds is 3. The largest absolute Gasteiger partial charge is 0.377 e. The fourth-order valence-electron chi connectivity index (χ4n) is 1.35. The Morgan fingerprint density at radius 1 is 1.62 bits per heavy atom. The summed E-state index contributed by atoms with van der Waals surface area (Å²) in [6.07, 6.45) is 0. The minimum Gasteiger partial charge on any atom is -0.377 e. The van der Waals surface area contributed by atoms with Crippen LogP contribution in [-0.2, 0) is 4.74 Å². The van der Waals surface area contributed by atoms with Crippen LogP contribution in [0.2, 0.25) is 0 Å². The Morgan fingerprint density at radius 2 is 2.38 bits per heavy atom. The molecule has 1 unspecified atom stereocenters. The molecule has 0 radical (unpaired) electrons. The summed E-state index contributed by atoms with van der Waals surface area (Å²) in [5.74, 6) is 0. The summed E-state index contributed by atoms with van der Waals surface area (Å²) in [5.41, 5.74) is 0. The molecule has 0 saturated carbocycles. The molecule has 0 aromatic rings. The molecule has 1 saturated heterocycles. The lowest BCUT2D eigenvalue weighted by atomic mass is 10.2. The second-order valence-corrected chi connectivity index (χ2v) is 3.56. The average molecular weight is 183 g/mol. The summed E-state index contributed by atoms with van der Waals surface area (Å²) < 4.78 is 5.23. The van der Waals surface area contributed by atoms with Gasteiger partial charge >= 0.3 is 0 Å². The molecule has 0 aromatic heterocycles. The fourth-order valence-corrected chi connectivity index (χ4v) is 1.35. The third-order valence-electron chi connectivity index (χ3n) is 2.22. The van der Waals surface area contributed by atoms with Crippen LogP contribution in [-0.4, -0.2) is 62.8 Å². The minimum atomic E-state index is -0.0475. The van der Waals surface area contributed by atoms with Crippen molar-refractivity contribution in [1.29, 1.82) is 5.26 Å². The van der Waals surface area contributed by atoms with Gasteiger partial charge < -0.3 is 9.64 Å². The second-order valence-electron chi connectivity index (χ2n) is 3.56. The molecule has 0 aliphatic carbocycles. The van der Waals surface area contributed by atoms with Crippen molar-refractivity contribution in [1.82, 2.24) is 9.80 Å². The Morgan fingerprint density at radius 3 is 3.00 bits per heavy atom. The van der Waals surface area contributed by atoms with E-state index in [1.54, 1.807) is 0 Å². The smallest absolute Gasteiger partial charge is 0.121 e. The Hall–Kier alpha value is -0.630. The van der Waals surface area contributed by atoms with Crippen LogP contribution in [0, 0.1) is 11.3 Å². The zero-order valence-corrected chi connectivity index (χ0v) is 8.36. The molecule has 13 heavy (non-hydrogen) atoms. The highest BCUT2D eigenvalue weighted by atomic mass is 16.5. The van der Waals surface area contributed by atoms with Gasteiger partial charge in [0.25, 0.3) is 0 Å². The molecule has 74 valence electrons. The molecule has 4 heteroatoms. The lowest BCUT2D eigenvalue weighted by Crippen LogP contribution is -2.47. The van der Waals surface area contributed by atoms with Crippen molar-refractivity contribution >= 4 is 0 Å². The molecule has 0 amide bonds. The van der Waals surface area contributed by atoms with Crippen LogP contribution in [0.25, 0.3) is 0 Å². The Labute approximate surface area is 79.7 Å². The van der Waals surface area contributed by atoms with E-state index >= 15 is 0 Å².